The Morgan fingerprint density at radius 1 is 1.25 bits per heavy atom. The Bertz CT molecular complexity index is 239. The second-order valence-corrected chi connectivity index (χ2v) is 5.47. The molecule has 2 aliphatic carbocycles. The Balaban J connectivity index is 1.75. The van der Waals surface area contributed by atoms with Gasteiger partial charge in [0.25, 0.3) is 0 Å². The summed E-state index contributed by atoms with van der Waals surface area (Å²) in [7, 11) is 0. The summed E-state index contributed by atoms with van der Waals surface area (Å²) in [5.41, 5.74) is 0. The molecule has 0 radical (unpaired) electrons. The van der Waals surface area contributed by atoms with Crippen molar-refractivity contribution in [3.05, 3.63) is 12.2 Å². The molecule has 0 amide bonds. The van der Waals surface area contributed by atoms with Crippen LogP contribution in [0.15, 0.2) is 12.2 Å². The zero-order valence-electron chi connectivity index (χ0n) is 10.4. The summed E-state index contributed by atoms with van der Waals surface area (Å²) in [6.45, 7) is 2.61. The van der Waals surface area contributed by atoms with Crippen LogP contribution in [0, 0.1) is 11.8 Å². The first-order valence-corrected chi connectivity index (χ1v) is 6.87. The number of aliphatic hydroxyl groups excluding tert-OH is 1. The molecule has 0 heterocycles. The first-order chi connectivity index (χ1) is 7.81. The Morgan fingerprint density at radius 3 is 2.81 bits per heavy atom. The van der Waals surface area contributed by atoms with E-state index in [2.05, 4.69) is 24.4 Å². The Labute approximate surface area is 99.1 Å². The largest absolute Gasteiger partial charge is 0.396 e. The molecule has 1 fully saturated rings. The molecule has 4 atom stereocenters. The normalized spacial score (nSPS) is 39.1. The molecular formula is C14H25NO. The Kier molecular flexibility index (Phi) is 4.42. The van der Waals surface area contributed by atoms with E-state index in [0.29, 0.717) is 24.6 Å². The van der Waals surface area contributed by atoms with Crippen LogP contribution in [0.25, 0.3) is 0 Å². The van der Waals surface area contributed by atoms with Gasteiger partial charge in [0.2, 0.25) is 0 Å². The minimum atomic E-state index is 0.303. The number of hydrogen-bond donors (Lipinski definition) is 2. The van der Waals surface area contributed by atoms with Gasteiger partial charge in [-0.25, -0.2) is 0 Å². The van der Waals surface area contributed by atoms with E-state index in [1.165, 1.54) is 32.1 Å². The zero-order chi connectivity index (χ0) is 11.4. The first kappa shape index (κ1) is 12.1. The summed E-state index contributed by atoms with van der Waals surface area (Å²) in [5.74, 6) is 1.33. The summed E-state index contributed by atoms with van der Waals surface area (Å²) in [5, 5.41) is 12.8. The quantitative estimate of drug-likeness (QED) is 0.718. The molecule has 0 aliphatic heterocycles. The highest BCUT2D eigenvalue weighted by molar-refractivity contribution is 5.06. The summed E-state index contributed by atoms with van der Waals surface area (Å²) in [6, 6.07) is 1.23. The second-order valence-electron chi connectivity index (χ2n) is 5.47. The van der Waals surface area contributed by atoms with Crippen LogP contribution < -0.4 is 5.32 Å². The van der Waals surface area contributed by atoms with Gasteiger partial charge in [0.1, 0.15) is 0 Å². The molecule has 0 aromatic rings. The van der Waals surface area contributed by atoms with E-state index in [0.717, 1.165) is 12.3 Å². The van der Waals surface area contributed by atoms with Crippen molar-refractivity contribution in [2.24, 2.45) is 11.8 Å². The van der Waals surface area contributed by atoms with Crippen molar-refractivity contribution in [3.63, 3.8) is 0 Å². The fraction of sp³-hybridized carbons (Fsp3) is 0.857. The van der Waals surface area contributed by atoms with Crippen LogP contribution in [0.3, 0.4) is 0 Å². The van der Waals surface area contributed by atoms with Crippen molar-refractivity contribution >= 4 is 0 Å². The van der Waals surface area contributed by atoms with Crippen molar-refractivity contribution in [1.82, 2.24) is 5.32 Å². The molecule has 1 saturated carbocycles. The maximum absolute atomic E-state index is 9.09. The third-order valence-corrected chi connectivity index (χ3v) is 4.22. The number of rotatable bonds is 4. The van der Waals surface area contributed by atoms with Gasteiger partial charge in [-0.3, -0.25) is 0 Å². The standard InChI is InChI=1S/C14H25NO/c1-2-11-4-3-5-13(8-11)15-14-7-6-12(9-14)10-16/h6-7,11-16H,2-5,8-10H2,1H3/t11-,12-,13+,14+/m0/s1. The van der Waals surface area contributed by atoms with Gasteiger partial charge in [-0.2, -0.15) is 0 Å². The van der Waals surface area contributed by atoms with Gasteiger partial charge in [-0.15, -0.1) is 0 Å². The lowest BCUT2D eigenvalue weighted by Crippen LogP contribution is -2.39. The smallest absolute Gasteiger partial charge is 0.0494 e. The minimum Gasteiger partial charge on any atom is -0.396 e. The molecule has 0 unspecified atom stereocenters. The predicted molar refractivity (Wildman–Crippen MR) is 67.3 cm³/mol. The Morgan fingerprint density at radius 2 is 2.12 bits per heavy atom. The minimum absolute atomic E-state index is 0.303. The van der Waals surface area contributed by atoms with Crippen LogP contribution in [0.4, 0.5) is 0 Å². The Hall–Kier alpha value is -0.340. The van der Waals surface area contributed by atoms with Crippen molar-refractivity contribution in [3.8, 4) is 0 Å². The van der Waals surface area contributed by atoms with E-state index in [9.17, 15) is 0 Å². The summed E-state index contributed by atoms with van der Waals surface area (Å²) < 4.78 is 0. The van der Waals surface area contributed by atoms with Gasteiger partial charge in [0, 0.05) is 24.6 Å². The van der Waals surface area contributed by atoms with Gasteiger partial charge in [0.05, 0.1) is 0 Å². The summed E-state index contributed by atoms with van der Waals surface area (Å²) in [4.78, 5) is 0. The van der Waals surface area contributed by atoms with Crippen molar-refractivity contribution < 1.29 is 5.11 Å². The van der Waals surface area contributed by atoms with Crippen molar-refractivity contribution in [2.75, 3.05) is 6.61 Å². The highest BCUT2D eigenvalue weighted by Gasteiger charge is 2.25. The molecule has 92 valence electrons. The van der Waals surface area contributed by atoms with E-state index in [-0.39, 0.29) is 0 Å². The molecular weight excluding hydrogens is 198 g/mol. The lowest BCUT2D eigenvalue weighted by molar-refractivity contribution is 0.234. The third-order valence-electron chi connectivity index (χ3n) is 4.22. The molecule has 0 spiro atoms. The molecule has 0 aromatic carbocycles. The molecule has 2 N–H and O–H groups in total. The van der Waals surface area contributed by atoms with Crippen LogP contribution in [0.2, 0.25) is 0 Å². The highest BCUT2D eigenvalue weighted by Crippen LogP contribution is 2.28. The van der Waals surface area contributed by atoms with E-state index < -0.39 is 0 Å². The maximum atomic E-state index is 9.09. The summed E-state index contributed by atoms with van der Waals surface area (Å²) >= 11 is 0. The molecule has 16 heavy (non-hydrogen) atoms. The van der Waals surface area contributed by atoms with Gasteiger partial charge in [-0.1, -0.05) is 38.3 Å². The van der Waals surface area contributed by atoms with Crippen LogP contribution >= 0.6 is 0 Å². The average molecular weight is 223 g/mol. The van der Waals surface area contributed by atoms with E-state index in [1.807, 2.05) is 0 Å². The molecule has 2 aliphatic rings. The molecule has 0 saturated heterocycles. The van der Waals surface area contributed by atoms with Crippen molar-refractivity contribution in [1.29, 1.82) is 0 Å². The van der Waals surface area contributed by atoms with Gasteiger partial charge in [-0.05, 0) is 25.2 Å². The summed E-state index contributed by atoms with van der Waals surface area (Å²) in [6.07, 6.45) is 12.3. The third kappa shape index (κ3) is 3.08. The lowest BCUT2D eigenvalue weighted by Gasteiger charge is -2.31. The van der Waals surface area contributed by atoms with Crippen LogP contribution in [-0.4, -0.2) is 23.8 Å². The monoisotopic (exact) mass is 223 g/mol. The fourth-order valence-electron chi connectivity index (χ4n) is 3.15. The highest BCUT2D eigenvalue weighted by atomic mass is 16.3. The van der Waals surface area contributed by atoms with E-state index in [1.54, 1.807) is 0 Å². The zero-order valence-corrected chi connectivity index (χ0v) is 10.4. The number of aliphatic hydroxyl groups is 1. The molecule has 2 heteroatoms. The van der Waals surface area contributed by atoms with Gasteiger partial charge < -0.3 is 10.4 Å². The number of hydrogen-bond acceptors (Lipinski definition) is 2. The van der Waals surface area contributed by atoms with Crippen LogP contribution in [0.1, 0.15) is 45.4 Å². The van der Waals surface area contributed by atoms with Gasteiger partial charge >= 0.3 is 0 Å². The maximum Gasteiger partial charge on any atom is 0.0494 e. The molecule has 2 rings (SSSR count). The van der Waals surface area contributed by atoms with Crippen LogP contribution in [-0.2, 0) is 0 Å². The number of nitrogens with one attached hydrogen (secondary N) is 1. The van der Waals surface area contributed by atoms with Crippen LogP contribution in [0.5, 0.6) is 0 Å². The van der Waals surface area contributed by atoms with E-state index >= 15 is 0 Å². The fourth-order valence-corrected chi connectivity index (χ4v) is 3.15. The lowest BCUT2D eigenvalue weighted by atomic mass is 9.84. The topological polar surface area (TPSA) is 32.3 Å². The van der Waals surface area contributed by atoms with Gasteiger partial charge in [0.15, 0.2) is 0 Å². The SMILES string of the molecule is CC[C@H]1CCC[C@@H](N[C@@H]2C=C[C@H](CO)C2)C1. The predicted octanol–water partition coefficient (Wildman–Crippen LogP) is 2.48. The average Bonchev–Trinajstić information content (AvgIpc) is 2.77. The molecule has 2 nitrogen and oxygen atoms in total. The molecule has 0 bridgehead atoms. The van der Waals surface area contributed by atoms with Crippen molar-refractivity contribution in [2.45, 2.75) is 57.5 Å². The molecule has 0 aromatic heterocycles. The first-order valence-electron chi connectivity index (χ1n) is 6.87. The second kappa shape index (κ2) is 5.83. The van der Waals surface area contributed by atoms with E-state index in [4.69, 9.17) is 5.11 Å².